The van der Waals surface area contributed by atoms with E-state index in [0.29, 0.717) is 17.5 Å². The summed E-state index contributed by atoms with van der Waals surface area (Å²) in [6.07, 6.45) is 3.63. The molecule has 30 heavy (non-hydrogen) atoms. The predicted molar refractivity (Wildman–Crippen MR) is 118 cm³/mol. The van der Waals surface area contributed by atoms with Crippen LogP contribution in [0.25, 0.3) is 0 Å². The highest BCUT2D eigenvalue weighted by atomic mass is 16.5. The fraction of sp³-hybridized carbons (Fsp3) is 0.385. The minimum Gasteiger partial charge on any atom is -0.504 e. The van der Waals surface area contributed by atoms with Crippen molar-refractivity contribution in [3.63, 3.8) is 0 Å². The normalized spacial score (nSPS) is 23.2. The summed E-state index contributed by atoms with van der Waals surface area (Å²) in [5.41, 5.74) is 7.84. The number of hydrogen-bond acceptors (Lipinski definition) is 4. The van der Waals surface area contributed by atoms with E-state index in [-0.39, 0.29) is 5.92 Å². The lowest BCUT2D eigenvalue weighted by Gasteiger charge is -2.47. The number of phenols is 1. The zero-order chi connectivity index (χ0) is 20.8. The van der Waals surface area contributed by atoms with Gasteiger partial charge in [-0.1, -0.05) is 36.4 Å². The molecule has 2 aromatic carbocycles. The van der Waals surface area contributed by atoms with E-state index in [9.17, 15) is 5.11 Å². The highest BCUT2D eigenvalue weighted by molar-refractivity contribution is 5.61. The largest absolute Gasteiger partial charge is 0.504 e. The smallest absolute Gasteiger partial charge is 0.161 e. The van der Waals surface area contributed by atoms with Crippen molar-refractivity contribution < 1.29 is 14.6 Å². The highest BCUT2D eigenvalue weighted by Gasteiger charge is 2.43. The molecule has 4 heteroatoms. The van der Waals surface area contributed by atoms with Gasteiger partial charge in [-0.05, 0) is 53.8 Å². The van der Waals surface area contributed by atoms with E-state index < -0.39 is 0 Å². The molecule has 2 aromatic rings. The maximum Gasteiger partial charge on any atom is 0.161 e. The lowest BCUT2D eigenvalue weighted by atomic mass is 9.66. The van der Waals surface area contributed by atoms with Crippen molar-refractivity contribution in [1.82, 2.24) is 4.90 Å². The van der Waals surface area contributed by atoms with Crippen LogP contribution >= 0.6 is 0 Å². The number of likely N-dealkylation sites (N-methyl/N-ethyl adjacent to an activating group) is 1. The molecule has 3 aliphatic rings. The molecule has 4 nitrogen and oxygen atoms in total. The first-order valence-electron chi connectivity index (χ1n) is 10.7. The Kier molecular flexibility index (Phi) is 4.82. The number of methoxy groups -OCH3 is 2. The van der Waals surface area contributed by atoms with Gasteiger partial charge >= 0.3 is 0 Å². The second-order valence-corrected chi connectivity index (χ2v) is 8.60. The molecule has 0 fully saturated rings. The molecule has 2 aliphatic carbocycles. The zero-order valence-corrected chi connectivity index (χ0v) is 17.9. The van der Waals surface area contributed by atoms with Gasteiger partial charge in [0.15, 0.2) is 11.5 Å². The molecule has 0 aromatic heterocycles. The summed E-state index contributed by atoms with van der Waals surface area (Å²) < 4.78 is 11.4. The quantitative estimate of drug-likeness (QED) is 0.811. The third kappa shape index (κ3) is 2.93. The summed E-state index contributed by atoms with van der Waals surface area (Å²) >= 11 is 0. The van der Waals surface area contributed by atoms with E-state index in [1.807, 2.05) is 6.07 Å². The number of hydrogen-bond donors (Lipinski definition) is 1. The second-order valence-electron chi connectivity index (χ2n) is 8.60. The van der Waals surface area contributed by atoms with Crippen LogP contribution < -0.4 is 4.74 Å². The number of rotatable bonds is 4. The van der Waals surface area contributed by atoms with Crippen molar-refractivity contribution in [1.29, 1.82) is 0 Å². The molecule has 0 saturated carbocycles. The van der Waals surface area contributed by atoms with Crippen molar-refractivity contribution in [3.05, 3.63) is 81.6 Å². The number of benzene rings is 2. The van der Waals surface area contributed by atoms with Crippen LogP contribution in [0, 0.1) is 0 Å². The molecule has 0 saturated heterocycles. The van der Waals surface area contributed by atoms with Crippen molar-refractivity contribution in [2.45, 2.75) is 37.6 Å². The van der Waals surface area contributed by atoms with Crippen LogP contribution in [0.15, 0.2) is 64.9 Å². The molecule has 0 unspecified atom stereocenters. The van der Waals surface area contributed by atoms with Gasteiger partial charge in [-0.15, -0.1) is 0 Å². The molecular formula is C26H29NO3. The lowest BCUT2D eigenvalue weighted by Crippen LogP contribution is -2.45. The molecule has 5 rings (SSSR count). The average molecular weight is 404 g/mol. The van der Waals surface area contributed by atoms with Crippen molar-refractivity contribution >= 4 is 0 Å². The molecular weight excluding hydrogens is 374 g/mol. The molecule has 0 amide bonds. The molecule has 1 aliphatic heterocycles. The Balaban J connectivity index is 1.67. The SMILES string of the molecule is COC1=C(Cc2ccccc2)C2=C3[C@@H](Cc4ccc(OC)c(O)c4[C@H]3C1)N(C)CC2. The minimum atomic E-state index is 0.140. The van der Waals surface area contributed by atoms with Crippen LogP contribution in [-0.2, 0) is 17.6 Å². The maximum atomic E-state index is 11.0. The third-order valence-corrected chi connectivity index (χ3v) is 7.14. The first kappa shape index (κ1) is 19.3. The molecule has 156 valence electrons. The van der Waals surface area contributed by atoms with Gasteiger partial charge in [0.05, 0.1) is 14.2 Å². The van der Waals surface area contributed by atoms with Crippen LogP contribution in [0.3, 0.4) is 0 Å². The molecule has 0 spiro atoms. The number of ether oxygens (including phenoxy) is 2. The number of phenolic OH excluding ortho intramolecular Hbond substituents is 1. The molecule has 1 heterocycles. The molecule has 0 radical (unpaired) electrons. The Morgan fingerprint density at radius 1 is 1.03 bits per heavy atom. The van der Waals surface area contributed by atoms with Crippen molar-refractivity contribution in [2.75, 3.05) is 27.8 Å². The van der Waals surface area contributed by atoms with Crippen LogP contribution in [0.5, 0.6) is 11.5 Å². The standard InChI is InChI=1S/C26H29NO3/c1-27-12-11-18-19(13-16-7-5-4-6-8-16)23(30-3)15-20-24-17(14-21(27)25(18)20)9-10-22(29-2)26(24)28/h4-10,20-21,28H,11-15H2,1-3H3/t20-,21-/m1/s1. The van der Waals surface area contributed by atoms with Gasteiger partial charge in [-0.3, -0.25) is 4.90 Å². The van der Waals surface area contributed by atoms with Gasteiger partial charge < -0.3 is 14.6 Å². The van der Waals surface area contributed by atoms with Crippen LogP contribution in [-0.4, -0.2) is 43.9 Å². The van der Waals surface area contributed by atoms with Crippen molar-refractivity contribution in [3.8, 4) is 11.5 Å². The van der Waals surface area contributed by atoms with Crippen LogP contribution in [0.1, 0.15) is 35.4 Å². The molecule has 1 N–H and O–H groups in total. The number of nitrogens with zero attached hydrogens (tertiary/aromatic N) is 1. The summed E-state index contributed by atoms with van der Waals surface area (Å²) in [6.45, 7) is 1.04. The van der Waals surface area contributed by atoms with E-state index in [1.165, 1.54) is 27.8 Å². The van der Waals surface area contributed by atoms with Gasteiger partial charge in [0.25, 0.3) is 0 Å². The summed E-state index contributed by atoms with van der Waals surface area (Å²) in [7, 11) is 5.63. The Bertz CT molecular complexity index is 1040. The summed E-state index contributed by atoms with van der Waals surface area (Å²) in [4.78, 5) is 2.48. The summed E-state index contributed by atoms with van der Waals surface area (Å²) in [5.74, 6) is 2.04. The fourth-order valence-electron chi connectivity index (χ4n) is 5.69. The van der Waals surface area contributed by atoms with E-state index in [1.54, 1.807) is 14.2 Å². The van der Waals surface area contributed by atoms with Crippen LogP contribution in [0.4, 0.5) is 0 Å². The number of allylic oxidation sites excluding steroid dienone is 2. The lowest BCUT2D eigenvalue weighted by molar-refractivity contribution is 0.217. The van der Waals surface area contributed by atoms with E-state index in [0.717, 1.165) is 43.6 Å². The van der Waals surface area contributed by atoms with Crippen molar-refractivity contribution in [2.24, 2.45) is 0 Å². The molecule has 2 atom stereocenters. The Labute approximate surface area is 178 Å². The predicted octanol–water partition coefficient (Wildman–Crippen LogP) is 4.59. The first-order valence-corrected chi connectivity index (χ1v) is 10.7. The van der Waals surface area contributed by atoms with Gasteiger partial charge in [-0.25, -0.2) is 0 Å². The minimum absolute atomic E-state index is 0.140. The number of aromatic hydroxyl groups is 1. The maximum absolute atomic E-state index is 11.0. The van der Waals surface area contributed by atoms with E-state index >= 15 is 0 Å². The van der Waals surface area contributed by atoms with Gasteiger partial charge in [0, 0.05) is 36.9 Å². The Hall–Kier alpha value is -2.72. The summed E-state index contributed by atoms with van der Waals surface area (Å²) in [5, 5.41) is 11.0. The van der Waals surface area contributed by atoms with Gasteiger partial charge in [0.2, 0.25) is 0 Å². The van der Waals surface area contributed by atoms with E-state index in [2.05, 4.69) is 48.3 Å². The average Bonchev–Trinajstić information content (AvgIpc) is 2.77. The monoisotopic (exact) mass is 403 g/mol. The Morgan fingerprint density at radius 2 is 1.83 bits per heavy atom. The van der Waals surface area contributed by atoms with E-state index in [4.69, 9.17) is 9.47 Å². The molecule has 0 bridgehead atoms. The topological polar surface area (TPSA) is 41.9 Å². The second kappa shape index (κ2) is 7.51. The zero-order valence-electron chi connectivity index (χ0n) is 17.9. The third-order valence-electron chi connectivity index (χ3n) is 7.14. The fourth-order valence-corrected chi connectivity index (χ4v) is 5.69. The highest BCUT2D eigenvalue weighted by Crippen LogP contribution is 2.54. The Morgan fingerprint density at radius 3 is 2.57 bits per heavy atom. The summed E-state index contributed by atoms with van der Waals surface area (Å²) in [6, 6.07) is 15.0. The number of fused-ring (bicyclic) bond motifs is 2. The van der Waals surface area contributed by atoms with Gasteiger partial charge in [0.1, 0.15) is 5.76 Å². The van der Waals surface area contributed by atoms with Gasteiger partial charge in [-0.2, -0.15) is 0 Å². The first-order chi connectivity index (χ1) is 14.6. The van der Waals surface area contributed by atoms with Crippen LogP contribution in [0.2, 0.25) is 0 Å².